The van der Waals surface area contributed by atoms with Crippen molar-refractivity contribution < 1.29 is 24.5 Å². The van der Waals surface area contributed by atoms with Gasteiger partial charge in [0.2, 0.25) is 11.8 Å². The summed E-state index contributed by atoms with van der Waals surface area (Å²) in [6, 6.07) is 64.4. The number of hydrogen-bond donors (Lipinski definition) is 10. The molecule has 89 heavy (non-hydrogen) atoms. The first kappa shape index (κ1) is 62.1. The Bertz CT molecular complexity index is 4630. The maximum atomic E-state index is 11.3. The van der Waals surface area contributed by atoms with E-state index >= 15 is 0 Å². The standard InChI is InChI=1S/C20H15N3.C15H13N3O.C13H11N3.C8H9NO2.C7H5BrN2.C7H6O.BHO/c1-2-6-13(7-3-1)19-16-12-22-20-18(16)15(10-11-21-20)14-8-4-5-9-17(14)23-19;1-10(19)18-14-5-3-2-4-12(14)11-6-8-16-15-13(11)7-9-17-15;14-12-4-2-1-3-10(12)9-5-7-15-13-11(9)6-8-16-13;1-6(10)9-7-4-2-3-5-8(7)11;8-6-2-4-10-7-5(6)1-3-9-7;8-6-7-4-2-1-3-5-7;1-2/h1-12,19,23H,(H,21,22);2-9H,1H3,(H,16,17)(H,18,19);1-8H,14H2,(H,15,16);2-5,11H,1H3,(H,9,10);1-4H,(H,9,10);1-6H;2H. The fraction of sp³-hybridized carbons (Fsp3) is 0.0429. The number of halogens is 1. The lowest BCUT2D eigenvalue weighted by Crippen LogP contribution is -2.11. The molecule has 6 aromatic carbocycles. The van der Waals surface area contributed by atoms with Gasteiger partial charge in [-0.05, 0) is 111 Å². The quantitative estimate of drug-likeness (QED) is 0.0324. The number of amides is 2. The molecule has 1 aliphatic heterocycles. The van der Waals surface area contributed by atoms with Crippen LogP contribution in [0.2, 0.25) is 0 Å². The number of aromatic amines is 4. The van der Waals surface area contributed by atoms with E-state index in [1.54, 1.807) is 48.9 Å². The molecule has 0 fully saturated rings. The summed E-state index contributed by atoms with van der Waals surface area (Å²) in [5, 5.41) is 29.2. The van der Waals surface area contributed by atoms with Crippen molar-refractivity contribution in [1.29, 1.82) is 0 Å². The Morgan fingerprint density at radius 3 is 1.56 bits per heavy atom. The SMILES string of the molecule is Brc1ccnc2[nH]ccc12.CC(=O)Nc1ccccc1-c1ccnc2[nH]ccc12.CC(=O)Nc1ccccc1O.Nc1ccccc1-c1ccnc2[nH]ccc12.O=Cc1ccccc1.[B]O.c1ccc(C2Nc3ccccc3-c3ccnc4[nH]cc2c34)cc1. The highest BCUT2D eigenvalue weighted by Crippen LogP contribution is 2.43. The number of nitrogens with two attached hydrogens (primary N) is 1. The molecule has 2 amide bonds. The van der Waals surface area contributed by atoms with Gasteiger partial charge in [-0.2, -0.15) is 0 Å². The number of carbonyl (C=O) groups is 3. The molecule has 17 nitrogen and oxygen atoms in total. The zero-order valence-electron chi connectivity index (χ0n) is 48.3. The Hall–Kier alpha value is -11.4. The van der Waals surface area contributed by atoms with E-state index in [-0.39, 0.29) is 23.6 Å². The van der Waals surface area contributed by atoms with Gasteiger partial charge in [-0.3, -0.25) is 14.4 Å². The number of aromatic nitrogens is 8. The minimum atomic E-state index is -0.188. The van der Waals surface area contributed by atoms with Crippen LogP contribution in [0.1, 0.15) is 41.4 Å². The van der Waals surface area contributed by atoms with Crippen molar-refractivity contribution >= 4 is 109 Å². The van der Waals surface area contributed by atoms with Crippen LogP contribution < -0.4 is 21.7 Å². The van der Waals surface area contributed by atoms with Crippen LogP contribution in [-0.4, -0.2) is 76.2 Å². The first-order chi connectivity index (χ1) is 43.5. The van der Waals surface area contributed by atoms with Crippen molar-refractivity contribution in [2.75, 3.05) is 21.7 Å². The van der Waals surface area contributed by atoms with Crippen molar-refractivity contribution in [3.05, 3.63) is 271 Å². The molecular weight excluding hydrogens is 1180 g/mol. The Morgan fingerprint density at radius 1 is 0.506 bits per heavy atom. The molecule has 0 bridgehead atoms. The van der Waals surface area contributed by atoms with Crippen molar-refractivity contribution in [3.8, 4) is 39.1 Å². The van der Waals surface area contributed by atoms with Gasteiger partial charge in [0.1, 0.15) is 34.6 Å². The van der Waals surface area contributed by atoms with Crippen molar-refractivity contribution in [2.24, 2.45) is 0 Å². The molecule has 0 saturated heterocycles. The van der Waals surface area contributed by atoms with E-state index in [0.717, 1.165) is 94.4 Å². The van der Waals surface area contributed by atoms with E-state index < -0.39 is 0 Å². The van der Waals surface area contributed by atoms with Crippen LogP contribution in [-0.2, 0) is 9.59 Å². The molecule has 1 atom stereocenters. The Morgan fingerprint density at radius 2 is 0.978 bits per heavy atom. The third kappa shape index (κ3) is 15.5. The molecule has 8 aromatic heterocycles. The summed E-state index contributed by atoms with van der Waals surface area (Å²) in [7, 11) is 3.50. The normalized spacial score (nSPS) is 11.4. The van der Waals surface area contributed by atoms with Gasteiger partial charge in [0.15, 0.2) is 0 Å². The molecule has 1 unspecified atom stereocenters. The van der Waals surface area contributed by atoms with Crippen molar-refractivity contribution in [3.63, 3.8) is 0 Å². The predicted molar refractivity (Wildman–Crippen MR) is 361 cm³/mol. The number of H-pyrrole nitrogens is 4. The van der Waals surface area contributed by atoms with Gasteiger partial charge in [0, 0.05) is 134 Å². The van der Waals surface area contributed by atoms with E-state index in [0.29, 0.717) is 5.69 Å². The molecule has 0 saturated carbocycles. The number of para-hydroxylation sites is 5. The molecule has 15 rings (SSSR count). The van der Waals surface area contributed by atoms with Gasteiger partial charge in [0.25, 0.3) is 8.05 Å². The maximum absolute atomic E-state index is 11.3. The highest BCUT2D eigenvalue weighted by Gasteiger charge is 2.25. The van der Waals surface area contributed by atoms with E-state index in [9.17, 15) is 14.4 Å². The predicted octanol–water partition coefficient (Wildman–Crippen LogP) is 15.0. The van der Waals surface area contributed by atoms with Gasteiger partial charge in [-0.1, -0.05) is 127 Å². The largest absolute Gasteiger partial charge is 0.506 e. The smallest absolute Gasteiger partial charge is 0.277 e. The number of nitrogen functional groups attached to an aromatic ring is 1. The molecule has 2 radical (unpaired) electrons. The molecule has 1 aliphatic rings. The number of rotatable bonds is 6. The highest BCUT2D eigenvalue weighted by atomic mass is 79.9. The van der Waals surface area contributed by atoms with E-state index in [1.807, 2.05) is 128 Å². The van der Waals surface area contributed by atoms with Gasteiger partial charge < -0.3 is 51.8 Å². The van der Waals surface area contributed by atoms with Crippen LogP contribution in [0, 0.1) is 0 Å². The zero-order chi connectivity index (χ0) is 62.5. The average Bonchev–Trinajstić information content (AvgIpc) is 1.69. The second-order valence-corrected chi connectivity index (χ2v) is 20.5. The fourth-order valence-corrected chi connectivity index (χ4v) is 10.3. The summed E-state index contributed by atoms with van der Waals surface area (Å²) in [6.45, 7) is 2.90. The van der Waals surface area contributed by atoms with Gasteiger partial charge in [0.05, 0.1) is 11.7 Å². The molecule has 9 heterocycles. The third-order valence-corrected chi connectivity index (χ3v) is 14.5. The summed E-state index contributed by atoms with van der Waals surface area (Å²) in [6.07, 6.45) is 15.7. The highest BCUT2D eigenvalue weighted by molar-refractivity contribution is 9.10. The van der Waals surface area contributed by atoms with Crippen LogP contribution in [0.4, 0.5) is 22.7 Å². The molecule has 0 aliphatic carbocycles. The van der Waals surface area contributed by atoms with Crippen LogP contribution in [0.5, 0.6) is 5.75 Å². The molecule has 11 N–H and O–H groups in total. The van der Waals surface area contributed by atoms with Crippen LogP contribution in [0.3, 0.4) is 0 Å². The van der Waals surface area contributed by atoms with Crippen molar-refractivity contribution in [2.45, 2.75) is 19.9 Å². The maximum Gasteiger partial charge on any atom is 0.277 e. The molecule has 19 heteroatoms. The van der Waals surface area contributed by atoms with E-state index in [4.69, 9.17) is 15.9 Å². The number of pyridine rings is 4. The first-order valence-corrected chi connectivity index (χ1v) is 28.7. The number of anilines is 4. The number of aldehydes is 1. The Labute approximate surface area is 522 Å². The monoisotopic (exact) mass is 1240 g/mol. The number of phenolic OH excluding ortho intramolecular Hbond substituents is 1. The lowest BCUT2D eigenvalue weighted by Gasteiger charge is -2.19. The second-order valence-electron chi connectivity index (χ2n) is 19.6. The lowest BCUT2D eigenvalue weighted by atomic mass is 9.97. The number of hydrogen-bond acceptors (Lipinski definition) is 11. The van der Waals surface area contributed by atoms with Crippen LogP contribution in [0.15, 0.2) is 254 Å². The summed E-state index contributed by atoms with van der Waals surface area (Å²) in [5.41, 5.74) is 22.7. The number of aromatic hydroxyl groups is 1. The number of nitrogens with zero attached hydrogens (tertiary/aromatic N) is 4. The summed E-state index contributed by atoms with van der Waals surface area (Å²) in [5.74, 6) is -0.180. The minimum Gasteiger partial charge on any atom is -0.506 e. The third-order valence-electron chi connectivity index (χ3n) is 13.8. The summed E-state index contributed by atoms with van der Waals surface area (Å²) in [4.78, 5) is 61.5. The molecule has 440 valence electrons. The molecule has 0 spiro atoms. The Balaban J connectivity index is 0.000000131. The average molecular weight is 1240 g/mol. The Kier molecular flexibility index (Phi) is 21.4. The van der Waals surface area contributed by atoms with Crippen LogP contribution in [0.25, 0.3) is 77.5 Å². The first-order valence-electron chi connectivity index (χ1n) is 27.9. The molecular formula is C70H60BBrN12O5. The van der Waals surface area contributed by atoms with E-state index in [1.165, 1.54) is 47.6 Å². The van der Waals surface area contributed by atoms with E-state index in [2.05, 4.69) is 147 Å². The number of nitrogens with one attached hydrogen (secondary N) is 7. The number of phenols is 1. The lowest BCUT2D eigenvalue weighted by molar-refractivity contribution is -0.115. The van der Waals surface area contributed by atoms with Gasteiger partial charge >= 0.3 is 0 Å². The minimum absolute atomic E-state index is 0.0770. The van der Waals surface area contributed by atoms with Crippen LogP contribution >= 0.6 is 15.9 Å². The topological polar surface area (TPSA) is 268 Å². The number of benzene rings is 6. The molecule has 14 aromatic rings. The zero-order valence-corrected chi connectivity index (χ0v) is 49.9. The fourth-order valence-electron chi connectivity index (χ4n) is 9.90. The van der Waals surface area contributed by atoms with Gasteiger partial charge in [-0.15, -0.1) is 0 Å². The summed E-state index contributed by atoms with van der Waals surface area (Å²) >= 11 is 3.42. The van der Waals surface area contributed by atoms with Gasteiger partial charge in [-0.25, -0.2) is 19.9 Å². The summed E-state index contributed by atoms with van der Waals surface area (Å²) < 4.78 is 1.08. The number of carbonyl (C=O) groups excluding carboxylic acids is 3. The second kappa shape index (κ2) is 30.6. The van der Waals surface area contributed by atoms with Crippen molar-refractivity contribution in [1.82, 2.24) is 39.9 Å². The number of fused-ring (bicyclic) bond motifs is 5.